The van der Waals surface area contributed by atoms with Crippen molar-refractivity contribution in [3.8, 4) is 11.4 Å². The number of ketones is 1. The second-order valence-corrected chi connectivity index (χ2v) is 6.71. The second-order valence-electron chi connectivity index (χ2n) is 6.27. The highest BCUT2D eigenvalue weighted by Gasteiger charge is 2.22. The molecule has 1 fully saturated rings. The van der Waals surface area contributed by atoms with E-state index in [2.05, 4.69) is 15.4 Å². The molecule has 1 aliphatic heterocycles. The minimum atomic E-state index is -0.149. The summed E-state index contributed by atoms with van der Waals surface area (Å²) in [6.07, 6.45) is 1.39. The Morgan fingerprint density at radius 1 is 1.15 bits per heavy atom. The van der Waals surface area contributed by atoms with Gasteiger partial charge in [0.15, 0.2) is 5.78 Å². The predicted molar refractivity (Wildman–Crippen MR) is 101 cm³/mol. The average molecular weight is 382 g/mol. The number of anilines is 1. The number of halogens is 1. The van der Waals surface area contributed by atoms with E-state index in [9.17, 15) is 9.59 Å². The van der Waals surface area contributed by atoms with E-state index in [-0.39, 0.29) is 18.2 Å². The number of carbonyl (C=O) groups excluding carboxylic acids is 2. The third kappa shape index (κ3) is 3.73. The van der Waals surface area contributed by atoms with Gasteiger partial charge in [-0.1, -0.05) is 23.7 Å². The van der Waals surface area contributed by atoms with Crippen LogP contribution in [0.4, 0.5) is 5.69 Å². The predicted octanol–water partition coefficient (Wildman–Crippen LogP) is 3.00. The van der Waals surface area contributed by atoms with Gasteiger partial charge in [0.2, 0.25) is 11.7 Å². The van der Waals surface area contributed by atoms with Crippen molar-refractivity contribution in [1.29, 1.82) is 0 Å². The van der Waals surface area contributed by atoms with Gasteiger partial charge < -0.3 is 4.90 Å². The minimum Gasteiger partial charge on any atom is -0.312 e. The summed E-state index contributed by atoms with van der Waals surface area (Å²) >= 11 is 5.88. The van der Waals surface area contributed by atoms with E-state index < -0.39 is 0 Å². The summed E-state index contributed by atoms with van der Waals surface area (Å²) in [5, 5.41) is 12.8. The number of nitrogens with zero attached hydrogens (tertiary/aromatic N) is 5. The van der Waals surface area contributed by atoms with Gasteiger partial charge in [0, 0.05) is 34.8 Å². The minimum absolute atomic E-state index is 0.0298. The molecule has 8 heteroatoms. The molecule has 1 saturated heterocycles. The molecule has 7 nitrogen and oxygen atoms in total. The maximum atomic E-state index is 12.6. The van der Waals surface area contributed by atoms with Crippen LogP contribution in [0.3, 0.4) is 0 Å². The lowest BCUT2D eigenvalue weighted by atomic mass is 10.1. The number of tetrazole rings is 1. The first-order valence-electron chi connectivity index (χ1n) is 8.57. The molecular weight excluding hydrogens is 366 g/mol. The zero-order chi connectivity index (χ0) is 18.8. The molecule has 0 bridgehead atoms. The fourth-order valence-corrected chi connectivity index (χ4v) is 3.14. The van der Waals surface area contributed by atoms with Crippen LogP contribution in [0, 0.1) is 0 Å². The summed E-state index contributed by atoms with van der Waals surface area (Å²) in [6, 6.07) is 14.2. The van der Waals surface area contributed by atoms with Crippen molar-refractivity contribution < 1.29 is 9.59 Å². The first kappa shape index (κ1) is 17.4. The third-order valence-corrected chi connectivity index (χ3v) is 4.65. The van der Waals surface area contributed by atoms with E-state index >= 15 is 0 Å². The van der Waals surface area contributed by atoms with E-state index in [1.165, 1.54) is 4.80 Å². The van der Waals surface area contributed by atoms with Crippen molar-refractivity contribution >= 4 is 29.0 Å². The summed E-state index contributed by atoms with van der Waals surface area (Å²) < 4.78 is 0. The van der Waals surface area contributed by atoms with Gasteiger partial charge in [-0.05, 0) is 48.0 Å². The highest BCUT2D eigenvalue weighted by molar-refractivity contribution is 6.30. The number of Topliss-reactive ketones (excluding diaryl/α,β-unsaturated/α-hetero) is 1. The van der Waals surface area contributed by atoms with Crippen LogP contribution in [0.25, 0.3) is 11.4 Å². The van der Waals surface area contributed by atoms with Crippen LogP contribution in [0.1, 0.15) is 23.2 Å². The number of hydrogen-bond donors (Lipinski definition) is 0. The number of hydrogen-bond acceptors (Lipinski definition) is 5. The van der Waals surface area contributed by atoms with Crippen LogP contribution in [-0.4, -0.2) is 38.4 Å². The molecule has 27 heavy (non-hydrogen) atoms. The Bertz CT molecular complexity index is 999. The normalized spacial score (nSPS) is 14.0. The molecule has 2 aromatic carbocycles. The zero-order valence-electron chi connectivity index (χ0n) is 14.4. The maximum absolute atomic E-state index is 12.6. The first-order valence-corrected chi connectivity index (χ1v) is 8.95. The molecule has 0 atom stereocenters. The average Bonchev–Trinajstić information content (AvgIpc) is 3.31. The van der Waals surface area contributed by atoms with Crippen molar-refractivity contribution in [3.05, 3.63) is 59.1 Å². The molecule has 136 valence electrons. The lowest BCUT2D eigenvalue weighted by molar-refractivity contribution is -0.117. The van der Waals surface area contributed by atoms with Gasteiger partial charge >= 0.3 is 0 Å². The Morgan fingerprint density at radius 3 is 2.70 bits per heavy atom. The molecule has 0 N–H and O–H groups in total. The van der Waals surface area contributed by atoms with Crippen LogP contribution in [0.15, 0.2) is 48.5 Å². The summed E-state index contributed by atoms with van der Waals surface area (Å²) in [4.78, 5) is 27.5. The smallest absolute Gasteiger partial charge is 0.227 e. The quantitative estimate of drug-likeness (QED) is 0.634. The van der Waals surface area contributed by atoms with Gasteiger partial charge in [0.05, 0.1) is 0 Å². The molecule has 1 aromatic heterocycles. The highest BCUT2D eigenvalue weighted by atomic mass is 35.5. The van der Waals surface area contributed by atoms with Gasteiger partial charge in [-0.3, -0.25) is 9.59 Å². The molecule has 1 amide bonds. The molecule has 4 rings (SSSR count). The molecule has 0 spiro atoms. The lowest BCUT2D eigenvalue weighted by Crippen LogP contribution is -2.24. The summed E-state index contributed by atoms with van der Waals surface area (Å²) in [7, 11) is 0. The Labute approximate surface area is 160 Å². The van der Waals surface area contributed by atoms with Gasteiger partial charge in [-0.15, -0.1) is 10.2 Å². The highest BCUT2D eigenvalue weighted by Crippen LogP contribution is 2.22. The molecular formula is C19H16ClN5O2. The lowest BCUT2D eigenvalue weighted by Gasteiger charge is -2.16. The molecule has 2 heterocycles. The van der Waals surface area contributed by atoms with Gasteiger partial charge in [0.1, 0.15) is 6.54 Å². The van der Waals surface area contributed by atoms with Crippen molar-refractivity contribution in [2.45, 2.75) is 19.4 Å². The molecule has 0 aliphatic carbocycles. The Morgan fingerprint density at radius 2 is 1.96 bits per heavy atom. The number of benzene rings is 2. The van der Waals surface area contributed by atoms with Crippen LogP contribution in [-0.2, 0) is 11.3 Å². The van der Waals surface area contributed by atoms with Gasteiger partial charge in [-0.25, -0.2) is 0 Å². The topological polar surface area (TPSA) is 81.0 Å². The summed E-state index contributed by atoms with van der Waals surface area (Å²) in [5.41, 5.74) is 2.03. The SMILES string of the molecule is O=C(Cn1nnc(-c2ccc(Cl)cc2)n1)c1cccc(N2CCCC2=O)c1. The Hall–Kier alpha value is -3.06. The van der Waals surface area contributed by atoms with Crippen molar-refractivity contribution in [1.82, 2.24) is 20.2 Å². The molecule has 0 unspecified atom stereocenters. The monoisotopic (exact) mass is 381 g/mol. The van der Waals surface area contributed by atoms with E-state index in [0.717, 1.165) is 17.7 Å². The second kappa shape index (κ2) is 7.28. The molecule has 0 radical (unpaired) electrons. The molecule has 1 aliphatic rings. The van der Waals surface area contributed by atoms with Gasteiger partial charge in [-0.2, -0.15) is 4.80 Å². The van der Waals surface area contributed by atoms with Gasteiger partial charge in [0.25, 0.3) is 0 Å². The van der Waals surface area contributed by atoms with Crippen LogP contribution in [0.5, 0.6) is 0 Å². The summed E-state index contributed by atoms with van der Waals surface area (Å²) in [6.45, 7) is 0.656. The first-order chi connectivity index (χ1) is 13.1. The zero-order valence-corrected chi connectivity index (χ0v) is 15.1. The fourth-order valence-electron chi connectivity index (χ4n) is 3.01. The van der Waals surface area contributed by atoms with E-state index in [4.69, 9.17) is 11.6 Å². The standard InChI is InChI=1S/C19H16ClN5O2/c20-15-8-6-13(7-9-15)19-21-23-25(22-19)12-17(26)14-3-1-4-16(11-14)24-10-2-5-18(24)27/h1,3-4,6-9,11H,2,5,10,12H2. The van der Waals surface area contributed by atoms with Crippen LogP contribution < -0.4 is 4.90 Å². The third-order valence-electron chi connectivity index (χ3n) is 4.39. The molecule has 0 saturated carbocycles. The number of aromatic nitrogens is 4. The number of carbonyl (C=O) groups is 2. The van der Waals surface area contributed by atoms with Crippen molar-refractivity contribution in [2.24, 2.45) is 0 Å². The fraction of sp³-hybridized carbons (Fsp3) is 0.211. The van der Waals surface area contributed by atoms with Crippen molar-refractivity contribution in [3.63, 3.8) is 0 Å². The number of rotatable bonds is 5. The van der Waals surface area contributed by atoms with Crippen molar-refractivity contribution in [2.75, 3.05) is 11.4 Å². The van der Waals surface area contributed by atoms with E-state index in [0.29, 0.717) is 29.4 Å². The Kier molecular flexibility index (Phi) is 4.68. The summed E-state index contributed by atoms with van der Waals surface area (Å²) in [5.74, 6) is 0.365. The van der Waals surface area contributed by atoms with Crippen LogP contribution >= 0.6 is 11.6 Å². The maximum Gasteiger partial charge on any atom is 0.227 e. The number of amides is 1. The van der Waals surface area contributed by atoms with E-state index in [1.807, 2.05) is 6.07 Å². The van der Waals surface area contributed by atoms with E-state index in [1.54, 1.807) is 47.4 Å². The van der Waals surface area contributed by atoms with Crippen LogP contribution in [0.2, 0.25) is 5.02 Å². The Balaban J connectivity index is 1.50. The molecule has 3 aromatic rings. The largest absolute Gasteiger partial charge is 0.312 e.